The van der Waals surface area contributed by atoms with Crippen molar-refractivity contribution >= 4 is 11.4 Å². The van der Waals surface area contributed by atoms with Crippen molar-refractivity contribution in [2.75, 3.05) is 38.2 Å². The van der Waals surface area contributed by atoms with Crippen LogP contribution in [-0.2, 0) is 7.05 Å². The molecule has 0 unspecified atom stereocenters. The standard InChI is InChI=1S/C21H29N5O4/c1-15(2)11-22-14-21(27)5-7-25(8-6-21)18-10-20(30-4)19(26(28)29)9-17(18)16-12-23-24(3)13-16/h9-10,12-13,22,27H,1,5-8,11,14H2,2-4H3. The smallest absolute Gasteiger partial charge is 0.311 e. The van der Waals surface area contributed by atoms with Gasteiger partial charge in [0.2, 0.25) is 0 Å². The third-order valence-corrected chi connectivity index (χ3v) is 5.43. The van der Waals surface area contributed by atoms with Crippen LogP contribution < -0.4 is 15.0 Å². The van der Waals surface area contributed by atoms with Gasteiger partial charge in [-0.1, -0.05) is 12.2 Å². The number of anilines is 1. The van der Waals surface area contributed by atoms with Crippen LogP contribution in [0.25, 0.3) is 11.1 Å². The molecule has 1 saturated heterocycles. The molecule has 162 valence electrons. The largest absolute Gasteiger partial charge is 0.490 e. The highest BCUT2D eigenvalue weighted by atomic mass is 16.6. The summed E-state index contributed by atoms with van der Waals surface area (Å²) in [4.78, 5) is 13.2. The van der Waals surface area contributed by atoms with Crippen molar-refractivity contribution in [2.45, 2.75) is 25.4 Å². The minimum Gasteiger partial charge on any atom is -0.490 e. The van der Waals surface area contributed by atoms with E-state index in [4.69, 9.17) is 4.74 Å². The first-order chi connectivity index (χ1) is 14.2. The van der Waals surface area contributed by atoms with Gasteiger partial charge in [-0.25, -0.2) is 0 Å². The third kappa shape index (κ3) is 4.80. The fraction of sp³-hybridized carbons (Fsp3) is 0.476. The summed E-state index contributed by atoms with van der Waals surface area (Å²) in [7, 11) is 3.23. The Morgan fingerprint density at radius 1 is 1.43 bits per heavy atom. The molecular weight excluding hydrogens is 386 g/mol. The first kappa shape index (κ1) is 21.8. The summed E-state index contributed by atoms with van der Waals surface area (Å²) in [5.74, 6) is 0.214. The van der Waals surface area contributed by atoms with Gasteiger partial charge in [0, 0.05) is 68.4 Å². The van der Waals surface area contributed by atoms with E-state index in [1.807, 2.05) is 13.1 Å². The molecule has 0 atom stereocenters. The molecule has 0 amide bonds. The molecule has 1 aromatic carbocycles. The lowest BCUT2D eigenvalue weighted by molar-refractivity contribution is -0.385. The number of rotatable bonds is 8. The molecule has 9 nitrogen and oxygen atoms in total. The second kappa shape index (κ2) is 8.85. The van der Waals surface area contributed by atoms with Crippen molar-refractivity contribution in [2.24, 2.45) is 7.05 Å². The number of hydrogen-bond acceptors (Lipinski definition) is 7. The van der Waals surface area contributed by atoms with Gasteiger partial charge < -0.3 is 20.1 Å². The molecule has 2 aromatic rings. The van der Waals surface area contributed by atoms with Crippen molar-refractivity contribution in [1.82, 2.24) is 15.1 Å². The second-order valence-corrected chi connectivity index (χ2v) is 7.97. The van der Waals surface area contributed by atoms with Gasteiger partial charge in [0.15, 0.2) is 5.75 Å². The van der Waals surface area contributed by atoms with E-state index in [1.165, 1.54) is 7.11 Å². The van der Waals surface area contributed by atoms with Crippen LogP contribution in [0.2, 0.25) is 0 Å². The van der Waals surface area contributed by atoms with Crippen molar-refractivity contribution < 1.29 is 14.8 Å². The third-order valence-electron chi connectivity index (χ3n) is 5.43. The number of methoxy groups -OCH3 is 1. The lowest BCUT2D eigenvalue weighted by Gasteiger charge is -2.40. The van der Waals surface area contributed by atoms with Gasteiger partial charge in [-0.15, -0.1) is 0 Å². The number of ether oxygens (including phenoxy) is 1. The van der Waals surface area contributed by atoms with Gasteiger partial charge in [0.25, 0.3) is 0 Å². The summed E-state index contributed by atoms with van der Waals surface area (Å²) in [6.45, 7) is 8.25. The summed E-state index contributed by atoms with van der Waals surface area (Å²) < 4.78 is 6.96. The molecule has 1 aliphatic rings. The van der Waals surface area contributed by atoms with Gasteiger partial charge >= 0.3 is 5.69 Å². The maximum atomic E-state index is 11.5. The predicted molar refractivity (Wildman–Crippen MR) is 116 cm³/mol. The number of hydrogen-bond donors (Lipinski definition) is 2. The molecule has 2 heterocycles. The van der Waals surface area contributed by atoms with E-state index in [1.54, 1.807) is 30.1 Å². The van der Waals surface area contributed by atoms with Crippen LogP contribution >= 0.6 is 0 Å². The topological polar surface area (TPSA) is 106 Å². The monoisotopic (exact) mass is 415 g/mol. The van der Waals surface area contributed by atoms with Crippen LogP contribution in [0.15, 0.2) is 36.7 Å². The normalized spacial score (nSPS) is 15.8. The summed E-state index contributed by atoms with van der Waals surface area (Å²) in [5, 5.41) is 29.9. The maximum Gasteiger partial charge on any atom is 0.311 e. The number of aryl methyl sites for hydroxylation is 1. The molecule has 0 spiro atoms. The number of aliphatic hydroxyl groups is 1. The van der Waals surface area contributed by atoms with Crippen LogP contribution in [0.3, 0.4) is 0 Å². The van der Waals surface area contributed by atoms with Gasteiger partial charge in [-0.2, -0.15) is 5.10 Å². The zero-order chi connectivity index (χ0) is 21.9. The minimum atomic E-state index is -0.786. The first-order valence-corrected chi connectivity index (χ1v) is 9.90. The molecule has 1 aromatic heterocycles. The van der Waals surface area contributed by atoms with Crippen molar-refractivity contribution in [3.8, 4) is 16.9 Å². The van der Waals surface area contributed by atoms with E-state index in [2.05, 4.69) is 21.9 Å². The van der Waals surface area contributed by atoms with Gasteiger partial charge in [-0.3, -0.25) is 14.8 Å². The van der Waals surface area contributed by atoms with Gasteiger partial charge in [0.05, 0.1) is 23.8 Å². The van der Waals surface area contributed by atoms with E-state index in [9.17, 15) is 15.2 Å². The molecule has 30 heavy (non-hydrogen) atoms. The molecule has 0 aliphatic carbocycles. The quantitative estimate of drug-likeness (QED) is 0.388. The molecule has 1 fully saturated rings. The molecule has 3 rings (SSSR count). The minimum absolute atomic E-state index is 0.0855. The second-order valence-electron chi connectivity index (χ2n) is 7.97. The Kier molecular flexibility index (Phi) is 6.42. The van der Waals surface area contributed by atoms with Crippen LogP contribution in [0.1, 0.15) is 19.8 Å². The highest BCUT2D eigenvalue weighted by Gasteiger charge is 2.33. The number of benzene rings is 1. The molecule has 0 radical (unpaired) electrons. The number of nitro groups is 1. The molecular formula is C21H29N5O4. The number of piperidine rings is 1. The van der Waals surface area contributed by atoms with Crippen LogP contribution in [-0.4, -0.2) is 58.7 Å². The lowest BCUT2D eigenvalue weighted by Crippen LogP contribution is -2.50. The van der Waals surface area contributed by atoms with Gasteiger partial charge in [0.1, 0.15) is 0 Å². The fourth-order valence-electron chi connectivity index (χ4n) is 3.77. The van der Waals surface area contributed by atoms with Crippen LogP contribution in [0.5, 0.6) is 5.75 Å². The van der Waals surface area contributed by atoms with Crippen molar-refractivity contribution in [3.05, 3.63) is 46.8 Å². The number of nitrogens with one attached hydrogen (secondary N) is 1. The zero-order valence-electron chi connectivity index (χ0n) is 17.7. The summed E-state index contributed by atoms with van der Waals surface area (Å²) in [6.07, 6.45) is 4.69. The highest BCUT2D eigenvalue weighted by Crippen LogP contribution is 2.41. The van der Waals surface area contributed by atoms with Crippen LogP contribution in [0, 0.1) is 10.1 Å². The molecule has 2 N–H and O–H groups in total. The molecule has 9 heteroatoms. The van der Waals surface area contributed by atoms with E-state index >= 15 is 0 Å². The Bertz CT molecular complexity index is 931. The average molecular weight is 415 g/mol. The summed E-state index contributed by atoms with van der Waals surface area (Å²) in [5.41, 5.74) is 2.50. The average Bonchev–Trinajstić information content (AvgIpc) is 3.13. The Balaban J connectivity index is 1.88. The Morgan fingerprint density at radius 3 is 2.67 bits per heavy atom. The van der Waals surface area contributed by atoms with Crippen LogP contribution in [0.4, 0.5) is 11.4 Å². The zero-order valence-corrected chi connectivity index (χ0v) is 17.7. The number of nitro benzene ring substituents is 1. The summed E-state index contributed by atoms with van der Waals surface area (Å²) >= 11 is 0. The summed E-state index contributed by atoms with van der Waals surface area (Å²) in [6, 6.07) is 3.25. The van der Waals surface area contributed by atoms with Crippen molar-refractivity contribution in [3.63, 3.8) is 0 Å². The molecule has 1 aliphatic heterocycles. The maximum absolute atomic E-state index is 11.5. The van der Waals surface area contributed by atoms with E-state index < -0.39 is 10.5 Å². The SMILES string of the molecule is C=C(C)CNCC1(O)CCN(c2cc(OC)c([N+](=O)[O-])cc2-c2cnn(C)c2)CC1. The van der Waals surface area contributed by atoms with E-state index in [0.717, 1.165) is 22.4 Å². The Morgan fingerprint density at radius 2 is 2.13 bits per heavy atom. The van der Waals surface area contributed by atoms with E-state index in [0.29, 0.717) is 39.0 Å². The van der Waals surface area contributed by atoms with Crippen molar-refractivity contribution in [1.29, 1.82) is 0 Å². The first-order valence-electron chi connectivity index (χ1n) is 9.90. The number of aromatic nitrogens is 2. The molecule has 0 saturated carbocycles. The predicted octanol–water partition coefficient (Wildman–Crippen LogP) is 2.50. The highest BCUT2D eigenvalue weighted by molar-refractivity contribution is 5.82. The lowest BCUT2D eigenvalue weighted by atomic mass is 9.90. The fourth-order valence-corrected chi connectivity index (χ4v) is 3.77. The Hall–Kier alpha value is -2.91. The Labute approximate surface area is 176 Å². The number of nitrogens with zero attached hydrogens (tertiary/aromatic N) is 4. The van der Waals surface area contributed by atoms with E-state index in [-0.39, 0.29) is 11.4 Å². The van der Waals surface area contributed by atoms with Gasteiger partial charge in [-0.05, 0) is 19.8 Å². The molecule has 0 bridgehead atoms.